The maximum atomic E-state index is 13.0. The number of halogens is 3. The molecule has 1 unspecified atom stereocenters. The zero-order valence-corrected chi connectivity index (χ0v) is 21.9. The van der Waals surface area contributed by atoms with Crippen LogP contribution in [0.25, 0.3) is 22.6 Å². The molecule has 0 saturated carbocycles. The molecule has 1 aromatic carbocycles. The lowest BCUT2D eigenvalue weighted by atomic mass is 10.1. The zero-order chi connectivity index (χ0) is 27.4. The predicted octanol–water partition coefficient (Wildman–Crippen LogP) is 3.45. The molecular formula is C26H33F3N6O3. The molecule has 1 fully saturated rings. The van der Waals surface area contributed by atoms with Gasteiger partial charge in [-0.2, -0.15) is 13.2 Å². The largest absolute Gasteiger partial charge is 0.491 e. The van der Waals surface area contributed by atoms with Gasteiger partial charge in [-0.15, -0.1) is 0 Å². The van der Waals surface area contributed by atoms with Crippen LogP contribution in [0.15, 0.2) is 34.9 Å². The first-order valence-corrected chi connectivity index (χ1v) is 12.5. The topological polar surface area (TPSA) is 99.8 Å². The van der Waals surface area contributed by atoms with Gasteiger partial charge in [0.15, 0.2) is 5.82 Å². The zero-order valence-electron chi connectivity index (χ0n) is 21.9. The Bertz CT molecular complexity index is 1220. The molecular weight excluding hydrogens is 501 g/mol. The van der Waals surface area contributed by atoms with Gasteiger partial charge in [0.1, 0.15) is 30.0 Å². The Hall–Kier alpha value is -3.22. The Balaban J connectivity index is 1.66. The van der Waals surface area contributed by atoms with Crippen LogP contribution in [0.3, 0.4) is 0 Å². The lowest BCUT2D eigenvalue weighted by Crippen LogP contribution is -2.54. The summed E-state index contributed by atoms with van der Waals surface area (Å²) >= 11 is 0. The van der Waals surface area contributed by atoms with Crippen molar-refractivity contribution in [3.63, 3.8) is 0 Å². The second-order valence-corrected chi connectivity index (χ2v) is 9.57. The SMILES string of the molecule is CNCC(O)COc1cccc(-c2nc(-c3c(C)noc3C)cc(N3CCN(CC(F)(F)F)[C@@H](C)C3)n2)c1. The fourth-order valence-electron chi connectivity index (χ4n) is 4.58. The lowest BCUT2D eigenvalue weighted by molar-refractivity contribution is -0.150. The van der Waals surface area contributed by atoms with Crippen LogP contribution in [0.2, 0.25) is 0 Å². The highest BCUT2D eigenvalue weighted by Crippen LogP contribution is 2.32. The number of rotatable bonds is 9. The smallest absolute Gasteiger partial charge is 0.401 e. The van der Waals surface area contributed by atoms with Gasteiger partial charge >= 0.3 is 6.18 Å². The number of anilines is 1. The number of hydrogen-bond donors (Lipinski definition) is 2. The predicted molar refractivity (Wildman–Crippen MR) is 137 cm³/mol. The number of aliphatic hydroxyl groups excluding tert-OH is 1. The summed E-state index contributed by atoms with van der Waals surface area (Å²) in [4.78, 5) is 13.0. The second kappa shape index (κ2) is 11.7. The fourth-order valence-corrected chi connectivity index (χ4v) is 4.58. The van der Waals surface area contributed by atoms with Crippen LogP contribution in [0.1, 0.15) is 18.4 Å². The van der Waals surface area contributed by atoms with E-state index in [-0.39, 0.29) is 19.2 Å². The van der Waals surface area contributed by atoms with Gasteiger partial charge in [0.2, 0.25) is 0 Å². The number of ether oxygens (including phenoxy) is 1. The van der Waals surface area contributed by atoms with E-state index in [2.05, 4.69) is 10.5 Å². The van der Waals surface area contributed by atoms with Crippen LogP contribution in [-0.2, 0) is 0 Å². The molecule has 1 saturated heterocycles. The van der Waals surface area contributed by atoms with E-state index in [1.165, 1.54) is 4.90 Å². The molecule has 0 radical (unpaired) electrons. The normalized spacial score (nSPS) is 17.6. The molecule has 0 amide bonds. The molecule has 38 heavy (non-hydrogen) atoms. The number of aryl methyl sites for hydroxylation is 2. The average Bonchev–Trinajstić information content (AvgIpc) is 3.21. The van der Waals surface area contributed by atoms with E-state index in [1.54, 1.807) is 33.0 Å². The van der Waals surface area contributed by atoms with E-state index < -0.39 is 18.8 Å². The van der Waals surface area contributed by atoms with E-state index in [1.807, 2.05) is 30.0 Å². The molecule has 2 N–H and O–H groups in total. The Morgan fingerprint density at radius 3 is 2.66 bits per heavy atom. The molecule has 0 aliphatic carbocycles. The minimum atomic E-state index is -4.24. The van der Waals surface area contributed by atoms with Crippen LogP contribution >= 0.6 is 0 Å². The second-order valence-electron chi connectivity index (χ2n) is 9.57. The van der Waals surface area contributed by atoms with Gasteiger partial charge in [-0.25, -0.2) is 9.97 Å². The molecule has 1 aliphatic rings. The first-order valence-electron chi connectivity index (χ1n) is 12.5. The number of hydrogen-bond acceptors (Lipinski definition) is 9. The molecule has 0 spiro atoms. The van der Waals surface area contributed by atoms with Crippen LogP contribution in [0.5, 0.6) is 5.75 Å². The monoisotopic (exact) mass is 534 g/mol. The molecule has 3 heterocycles. The number of alkyl halides is 3. The summed E-state index contributed by atoms with van der Waals surface area (Å²) in [6, 6.07) is 8.78. The van der Waals surface area contributed by atoms with Crippen LogP contribution in [0.4, 0.5) is 19.0 Å². The minimum Gasteiger partial charge on any atom is -0.491 e. The highest BCUT2D eigenvalue weighted by atomic mass is 19.4. The summed E-state index contributed by atoms with van der Waals surface area (Å²) < 4.78 is 50.2. The van der Waals surface area contributed by atoms with Gasteiger partial charge in [0, 0.05) is 43.9 Å². The van der Waals surface area contributed by atoms with E-state index in [0.717, 1.165) is 5.56 Å². The maximum absolute atomic E-state index is 13.0. The van der Waals surface area contributed by atoms with Crippen molar-refractivity contribution in [1.29, 1.82) is 0 Å². The number of nitrogens with zero attached hydrogens (tertiary/aromatic N) is 5. The van der Waals surface area contributed by atoms with Gasteiger partial charge in [-0.1, -0.05) is 17.3 Å². The Kier molecular flexibility index (Phi) is 8.54. The first kappa shape index (κ1) is 27.8. The Morgan fingerprint density at radius 1 is 1.21 bits per heavy atom. The summed E-state index contributed by atoms with van der Waals surface area (Å²) in [6.07, 6.45) is -4.90. The number of aromatic nitrogens is 3. The molecule has 0 bridgehead atoms. The Morgan fingerprint density at radius 2 is 2.00 bits per heavy atom. The van der Waals surface area contributed by atoms with Crippen molar-refractivity contribution >= 4 is 5.82 Å². The van der Waals surface area contributed by atoms with Crippen LogP contribution < -0.4 is 15.0 Å². The third kappa shape index (κ3) is 6.80. The van der Waals surface area contributed by atoms with Gasteiger partial charge in [-0.3, -0.25) is 4.90 Å². The lowest BCUT2D eigenvalue weighted by Gasteiger charge is -2.40. The summed E-state index contributed by atoms with van der Waals surface area (Å²) in [5.41, 5.74) is 2.74. The van der Waals surface area contributed by atoms with Crippen LogP contribution in [-0.4, -0.2) is 89.8 Å². The number of nitrogens with one attached hydrogen (secondary N) is 1. The van der Waals surface area contributed by atoms with Crippen molar-refractivity contribution in [3.8, 4) is 28.4 Å². The quantitative estimate of drug-likeness (QED) is 0.428. The first-order chi connectivity index (χ1) is 18.0. The third-order valence-electron chi connectivity index (χ3n) is 6.45. The highest BCUT2D eigenvalue weighted by Gasteiger charge is 2.35. The van der Waals surface area contributed by atoms with E-state index in [9.17, 15) is 18.3 Å². The summed E-state index contributed by atoms with van der Waals surface area (Å²) in [5.74, 6) is 2.21. The van der Waals surface area contributed by atoms with Gasteiger partial charge < -0.3 is 24.6 Å². The van der Waals surface area contributed by atoms with Crippen molar-refractivity contribution in [2.75, 3.05) is 51.3 Å². The molecule has 1 aliphatic heterocycles. The standard InChI is InChI=1S/C26H33F3N6O3/c1-16-13-34(8-9-35(16)15-26(27,28)29)23-11-22(24-17(2)33-38-18(24)3)31-25(32-23)19-6-5-7-21(10-19)37-14-20(36)12-30-4/h5-7,10-11,16,20,30,36H,8-9,12-15H2,1-4H3/t16-,20?/m0/s1. The van der Waals surface area contributed by atoms with E-state index in [4.69, 9.17) is 19.2 Å². The van der Waals surface area contributed by atoms with Crippen molar-refractivity contribution < 1.29 is 27.5 Å². The van der Waals surface area contributed by atoms with Crippen molar-refractivity contribution in [1.82, 2.24) is 25.3 Å². The van der Waals surface area contributed by atoms with Crippen LogP contribution in [0, 0.1) is 13.8 Å². The van der Waals surface area contributed by atoms with E-state index in [0.29, 0.717) is 59.7 Å². The van der Waals surface area contributed by atoms with Gasteiger partial charge in [0.05, 0.1) is 23.5 Å². The summed E-state index contributed by atoms with van der Waals surface area (Å²) in [7, 11) is 1.75. The molecule has 9 nitrogen and oxygen atoms in total. The highest BCUT2D eigenvalue weighted by molar-refractivity contribution is 5.71. The van der Waals surface area contributed by atoms with Gasteiger partial charge in [0.25, 0.3) is 0 Å². The van der Waals surface area contributed by atoms with Crippen molar-refractivity contribution in [3.05, 3.63) is 41.8 Å². The molecule has 12 heteroatoms. The molecule has 206 valence electrons. The maximum Gasteiger partial charge on any atom is 0.401 e. The summed E-state index contributed by atoms with van der Waals surface area (Å²) in [5, 5.41) is 16.9. The number of benzene rings is 1. The third-order valence-corrected chi connectivity index (χ3v) is 6.45. The number of likely N-dealkylation sites (N-methyl/N-ethyl adjacent to an activating group) is 1. The minimum absolute atomic E-state index is 0.121. The average molecular weight is 535 g/mol. The Labute approximate surface area is 219 Å². The fraction of sp³-hybridized carbons (Fsp3) is 0.500. The van der Waals surface area contributed by atoms with Gasteiger partial charge in [-0.05, 0) is 40.0 Å². The molecule has 2 atom stereocenters. The molecule has 3 aromatic rings. The van der Waals surface area contributed by atoms with Crippen molar-refractivity contribution in [2.24, 2.45) is 0 Å². The van der Waals surface area contributed by atoms with E-state index >= 15 is 0 Å². The number of aliphatic hydroxyl groups is 1. The number of piperazine rings is 1. The molecule has 4 rings (SSSR count). The molecule has 2 aromatic heterocycles. The summed E-state index contributed by atoms with van der Waals surface area (Å²) in [6.45, 7) is 6.06. The van der Waals surface area contributed by atoms with Crippen molar-refractivity contribution in [2.45, 2.75) is 39.1 Å².